The van der Waals surface area contributed by atoms with Gasteiger partial charge in [0.05, 0.1) is 3.92 Å². The molecule has 0 aromatic rings. The van der Waals surface area contributed by atoms with Crippen molar-refractivity contribution in [2.45, 2.75) is 35.5 Å². The van der Waals surface area contributed by atoms with E-state index in [1.807, 2.05) is 5.92 Å². The molecule has 0 aromatic heterocycles. The molecule has 1 aliphatic rings. The van der Waals surface area contributed by atoms with E-state index >= 15 is 0 Å². The summed E-state index contributed by atoms with van der Waals surface area (Å²) in [5, 5.41) is 0. The molecule has 0 fully saturated rings. The Kier molecular flexibility index (Phi) is 3.11. The van der Waals surface area contributed by atoms with E-state index in [1.165, 1.54) is 0 Å². The first-order valence-electron chi connectivity index (χ1n) is 3.65. The van der Waals surface area contributed by atoms with Gasteiger partial charge >= 0.3 is 5.92 Å². The quantitative estimate of drug-likeness (QED) is 0.360. The highest BCUT2D eigenvalue weighted by atomic mass is 127. The molecule has 1 aliphatic carbocycles. The summed E-state index contributed by atoms with van der Waals surface area (Å²) in [4.78, 5) is 0. The van der Waals surface area contributed by atoms with Gasteiger partial charge in [0.15, 0.2) is 0 Å². The topological polar surface area (TPSA) is 0 Å². The van der Waals surface area contributed by atoms with Crippen molar-refractivity contribution >= 4 is 22.6 Å². The molecule has 62 valence electrons. The lowest BCUT2D eigenvalue weighted by atomic mass is 10.1. The second kappa shape index (κ2) is 3.70. The summed E-state index contributed by atoms with van der Waals surface area (Å²) in [6.45, 7) is 0. The van der Waals surface area contributed by atoms with Crippen LogP contribution >= 0.6 is 22.6 Å². The molecule has 0 N–H and O–H groups in total. The second-order valence-corrected chi connectivity index (χ2v) is 4.14. The lowest BCUT2D eigenvalue weighted by molar-refractivity contribution is 0.0649. The number of halogens is 3. The zero-order valence-corrected chi connectivity index (χ0v) is 8.20. The molecule has 1 atom stereocenters. The predicted octanol–water partition coefficient (Wildman–Crippen LogP) is 3.00. The van der Waals surface area contributed by atoms with Crippen LogP contribution < -0.4 is 0 Å². The van der Waals surface area contributed by atoms with Crippen molar-refractivity contribution in [1.29, 1.82) is 0 Å². The maximum atomic E-state index is 12.9. The minimum Gasteiger partial charge on any atom is -0.191 e. The Morgan fingerprint density at radius 2 is 2.09 bits per heavy atom. The Labute approximate surface area is 78.9 Å². The first-order chi connectivity index (χ1) is 5.13. The van der Waals surface area contributed by atoms with Crippen LogP contribution in [0.4, 0.5) is 8.78 Å². The van der Waals surface area contributed by atoms with Gasteiger partial charge in [-0.05, 0) is 18.8 Å². The van der Waals surface area contributed by atoms with E-state index in [4.69, 9.17) is 0 Å². The van der Waals surface area contributed by atoms with Gasteiger partial charge in [0, 0.05) is 6.42 Å². The maximum Gasteiger partial charge on any atom is 0.319 e. The molecular weight excluding hydrogens is 261 g/mol. The van der Waals surface area contributed by atoms with Crippen LogP contribution in [0.2, 0.25) is 0 Å². The molecule has 3 heteroatoms. The zero-order chi connectivity index (χ0) is 8.32. The van der Waals surface area contributed by atoms with Crippen LogP contribution in [0.1, 0.15) is 25.7 Å². The summed E-state index contributed by atoms with van der Waals surface area (Å²) in [6, 6.07) is 0. The van der Waals surface area contributed by atoms with Crippen molar-refractivity contribution in [2.75, 3.05) is 0 Å². The van der Waals surface area contributed by atoms with Crippen LogP contribution in [0, 0.1) is 11.8 Å². The van der Waals surface area contributed by atoms with Crippen molar-refractivity contribution in [3.63, 3.8) is 0 Å². The molecule has 0 saturated heterocycles. The highest BCUT2D eigenvalue weighted by Gasteiger charge is 2.35. The van der Waals surface area contributed by atoms with E-state index in [-0.39, 0.29) is 0 Å². The summed E-state index contributed by atoms with van der Waals surface area (Å²) in [5.74, 6) is 1.76. The van der Waals surface area contributed by atoms with Crippen molar-refractivity contribution in [3.05, 3.63) is 0 Å². The van der Waals surface area contributed by atoms with Crippen LogP contribution in [0.5, 0.6) is 0 Å². The van der Waals surface area contributed by atoms with E-state index in [2.05, 4.69) is 5.92 Å². The second-order valence-electron chi connectivity index (χ2n) is 2.64. The van der Waals surface area contributed by atoms with Crippen molar-refractivity contribution in [3.8, 4) is 11.8 Å². The Bertz CT molecular complexity index is 190. The van der Waals surface area contributed by atoms with Gasteiger partial charge in [-0.1, -0.05) is 34.9 Å². The van der Waals surface area contributed by atoms with E-state index in [1.54, 1.807) is 22.6 Å². The number of alkyl halides is 3. The van der Waals surface area contributed by atoms with Crippen molar-refractivity contribution < 1.29 is 8.78 Å². The van der Waals surface area contributed by atoms with Gasteiger partial charge < -0.3 is 0 Å². The Balaban J connectivity index is 2.71. The SMILES string of the molecule is FC1(F)C#CCCCCC1I. The summed E-state index contributed by atoms with van der Waals surface area (Å²) in [6.07, 6.45) is 3.04. The van der Waals surface area contributed by atoms with Gasteiger partial charge in [0.1, 0.15) is 0 Å². The average molecular weight is 270 g/mol. The summed E-state index contributed by atoms with van der Waals surface area (Å²) >= 11 is 1.79. The Morgan fingerprint density at radius 3 is 2.82 bits per heavy atom. The number of hydrogen-bond acceptors (Lipinski definition) is 0. The fourth-order valence-electron chi connectivity index (χ4n) is 0.977. The van der Waals surface area contributed by atoms with Gasteiger partial charge in [0.25, 0.3) is 0 Å². The highest BCUT2D eigenvalue weighted by Crippen LogP contribution is 2.29. The fraction of sp³-hybridized carbons (Fsp3) is 0.750. The third-order valence-electron chi connectivity index (χ3n) is 1.66. The molecule has 0 nitrogen and oxygen atoms in total. The molecule has 0 spiro atoms. The molecular formula is C8H9F2I. The Hall–Kier alpha value is 0.150. The summed E-state index contributed by atoms with van der Waals surface area (Å²) < 4.78 is 25.1. The first-order valence-corrected chi connectivity index (χ1v) is 4.89. The average Bonchev–Trinajstić information content (AvgIpc) is 1.93. The molecule has 1 unspecified atom stereocenters. The van der Waals surface area contributed by atoms with Gasteiger partial charge in [-0.3, -0.25) is 0 Å². The predicted molar refractivity (Wildman–Crippen MR) is 49.0 cm³/mol. The van der Waals surface area contributed by atoms with E-state index in [0.717, 1.165) is 12.8 Å². The number of hydrogen-bond donors (Lipinski definition) is 0. The lowest BCUT2D eigenvalue weighted by Crippen LogP contribution is -2.27. The van der Waals surface area contributed by atoms with Gasteiger partial charge in [-0.15, -0.1) is 0 Å². The van der Waals surface area contributed by atoms with Crippen molar-refractivity contribution in [1.82, 2.24) is 0 Å². The minimum absolute atomic E-state index is 0.586. The summed E-state index contributed by atoms with van der Waals surface area (Å²) in [5.41, 5.74) is 0. The van der Waals surface area contributed by atoms with Crippen LogP contribution in [0.15, 0.2) is 0 Å². The van der Waals surface area contributed by atoms with Gasteiger partial charge in [0.2, 0.25) is 0 Å². The van der Waals surface area contributed by atoms with Crippen LogP contribution in [-0.4, -0.2) is 9.85 Å². The minimum atomic E-state index is -2.76. The smallest absolute Gasteiger partial charge is 0.191 e. The third-order valence-corrected chi connectivity index (χ3v) is 3.06. The third kappa shape index (κ3) is 2.58. The van der Waals surface area contributed by atoms with Crippen LogP contribution in [0.3, 0.4) is 0 Å². The largest absolute Gasteiger partial charge is 0.319 e. The standard InChI is InChI=1S/C8H9F2I/c9-8(10)6-4-2-1-3-5-7(8)11/h7H,1-3,5H2. The van der Waals surface area contributed by atoms with Crippen molar-refractivity contribution in [2.24, 2.45) is 0 Å². The van der Waals surface area contributed by atoms with Crippen LogP contribution in [0.25, 0.3) is 0 Å². The molecule has 0 aromatic carbocycles. The molecule has 0 bridgehead atoms. The molecule has 11 heavy (non-hydrogen) atoms. The van der Waals surface area contributed by atoms with E-state index < -0.39 is 9.85 Å². The summed E-state index contributed by atoms with van der Waals surface area (Å²) in [7, 11) is 0. The number of rotatable bonds is 0. The Morgan fingerprint density at radius 1 is 1.36 bits per heavy atom. The van der Waals surface area contributed by atoms with Gasteiger partial charge in [-0.2, -0.15) is 8.78 Å². The lowest BCUT2D eigenvalue weighted by Gasteiger charge is -2.17. The molecule has 1 rings (SSSR count). The molecule has 0 radical (unpaired) electrons. The van der Waals surface area contributed by atoms with E-state index in [0.29, 0.717) is 12.8 Å². The molecule has 0 saturated carbocycles. The molecule has 0 aliphatic heterocycles. The normalized spacial score (nSPS) is 29.5. The highest BCUT2D eigenvalue weighted by molar-refractivity contribution is 14.1. The maximum absolute atomic E-state index is 12.9. The first kappa shape index (κ1) is 9.24. The van der Waals surface area contributed by atoms with E-state index in [9.17, 15) is 8.78 Å². The fourth-order valence-corrected chi connectivity index (χ4v) is 1.57. The molecule has 0 heterocycles. The zero-order valence-electron chi connectivity index (χ0n) is 6.04. The van der Waals surface area contributed by atoms with Crippen LogP contribution in [-0.2, 0) is 0 Å². The molecule has 0 amide bonds. The van der Waals surface area contributed by atoms with Gasteiger partial charge in [-0.25, -0.2) is 0 Å². The monoisotopic (exact) mass is 270 g/mol.